The Labute approximate surface area is 94.7 Å². The number of hydrogen-bond donors (Lipinski definition) is 0. The Morgan fingerprint density at radius 3 is 1.76 bits per heavy atom. The second-order valence-corrected chi connectivity index (χ2v) is 4.83. The minimum absolute atomic E-state index is 0.453. The monoisotopic (exact) mass is 256 g/mol. The molecule has 0 nitrogen and oxygen atoms in total. The Hall–Kier alpha value is -1.12. The number of allylic oxidation sites excluding steroid dienone is 2. The lowest BCUT2D eigenvalue weighted by atomic mass is 9.97. The van der Waals surface area contributed by atoms with E-state index in [4.69, 9.17) is 0 Å². The van der Waals surface area contributed by atoms with E-state index in [0.29, 0.717) is 0 Å². The van der Waals surface area contributed by atoms with Crippen LogP contribution in [-0.2, 0) is 0 Å². The van der Waals surface area contributed by atoms with Gasteiger partial charge in [-0.1, -0.05) is 11.8 Å². The lowest BCUT2D eigenvalue weighted by Crippen LogP contribution is -2.48. The van der Waals surface area contributed by atoms with Gasteiger partial charge >= 0.3 is 17.8 Å². The highest BCUT2D eigenvalue weighted by atomic mass is 19.3. The van der Waals surface area contributed by atoms with Crippen molar-refractivity contribution in [1.82, 2.24) is 0 Å². The fourth-order valence-electron chi connectivity index (χ4n) is 1.11. The van der Waals surface area contributed by atoms with Gasteiger partial charge in [-0.2, -0.15) is 26.3 Å². The first-order chi connectivity index (χ1) is 7.31. The molecule has 0 aromatic carbocycles. The van der Waals surface area contributed by atoms with Crippen LogP contribution in [-0.4, -0.2) is 17.8 Å². The Morgan fingerprint density at radius 1 is 1.00 bits per heavy atom. The van der Waals surface area contributed by atoms with Crippen LogP contribution in [0.1, 0.15) is 20.8 Å². The molecule has 0 radical (unpaired) electrons. The molecule has 0 aliphatic heterocycles. The highest BCUT2D eigenvalue weighted by Crippen LogP contribution is 2.55. The Bertz CT molecular complexity index is 413. The molecule has 0 unspecified atom stereocenters. The smallest absolute Gasteiger partial charge is 0.195 e. The highest BCUT2D eigenvalue weighted by molar-refractivity contribution is 5.45. The average molecular weight is 256 g/mol. The summed E-state index contributed by atoms with van der Waals surface area (Å²) < 4.78 is 77.0. The highest BCUT2D eigenvalue weighted by Gasteiger charge is 2.76. The summed E-state index contributed by atoms with van der Waals surface area (Å²) in [6, 6.07) is 0. The second kappa shape index (κ2) is 3.44. The Kier molecular flexibility index (Phi) is 2.82. The first-order valence-electron chi connectivity index (χ1n) is 4.71. The summed E-state index contributed by atoms with van der Waals surface area (Å²) in [6.07, 6.45) is -0.453. The molecule has 1 aliphatic carbocycles. The fourth-order valence-corrected chi connectivity index (χ4v) is 1.11. The largest absolute Gasteiger partial charge is 0.380 e. The molecule has 6 heteroatoms. The van der Waals surface area contributed by atoms with Crippen molar-refractivity contribution in [2.75, 3.05) is 0 Å². The predicted molar refractivity (Wildman–Crippen MR) is 50.2 cm³/mol. The van der Waals surface area contributed by atoms with E-state index in [0.717, 1.165) is 0 Å². The third-order valence-corrected chi connectivity index (χ3v) is 2.05. The van der Waals surface area contributed by atoms with Gasteiger partial charge < -0.3 is 0 Å². The molecule has 0 bridgehead atoms. The van der Waals surface area contributed by atoms with E-state index in [9.17, 15) is 26.3 Å². The summed E-state index contributed by atoms with van der Waals surface area (Å²) in [6.45, 7) is 4.64. The first kappa shape index (κ1) is 13.9. The van der Waals surface area contributed by atoms with Gasteiger partial charge in [0, 0.05) is 11.5 Å². The molecule has 96 valence electrons. The van der Waals surface area contributed by atoms with Crippen LogP contribution in [0.2, 0.25) is 0 Å². The molecule has 0 N–H and O–H groups in total. The Balaban J connectivity index is 3.23. The van der Waals surface area contributed by atoms with E-state index in [1.807, 2.05) is 0 Å². The number of rotatable bonds is 0. The lowest BCUT2D eigenvalue weighted by Gasteiger charge is -2.23. The van der Waals surface area contributed by atoms with Crippen LogP contribution >= 0.6 is 0 Å². The zero-order chi connectivity index (χ0) is 13.7. The summed E-state index contributed by atoms with van der Waals surface area (Å²) >= 11 is 0. The topological polar surface area (TPSA) is 0 Å². The van der Waals surface area contributed by atoms with Gasteiger partial charge in [-0.15, -0.1) is 0 Å². The van der Waals surface area contributed by atoms with Crippen molar-refractivity contribution < 1.29 is 26.3 Å². The van der Waals surface area contributed by atoms with E-state index < -0.39 is 34.8 Å². The van der Waals surface area contributed by atoms with Crippen LogP contribution in [0.4, 0.5) is 26.3 Å². The van der Waals surface area contributed by atoms with Crippen LogP contribution < -0.4 is 0 Å². The Morgan fingerprint density at radius 2 is 1.47 bits per heavy atom. The normalized spacial score (nSPS) is 24.9. The molecule has 0 fully saturated rings. The third-order valence-electron chi connectivity index (χ3n) is 2.05. The predicted octanol–water partition coefficient (Wildman–Crippen LogP) is 3.88. The molecule has 0 saturated heterocycles. The molecule has 17 heavy (non-hydrogen) atoms. The number of hydrogen-bond acceptors (Lipinski definition) is 0. The van der Waals surface area contributed by atoms with Gasteiger partial charge in [0.2, 0.25) is 0 Å². The second-order valence-electron chi connectivity index (χ2n) is 4.83. The molecule has 0 atom stereocenters. The van der Waals surface area contributed by atoms with Gasteiger partial charge in [-0.05, 0) is 20.8 Å². The van der Waals surface area contributed by atoms with Crippen LogP contribution in [0.25, 0.3) is 0 Å². The van der Waals surface area contributed by atoms with Crippen LogP contribution in [0, 0.1) is 17.3 Å². The van der Waals surface area contributed by atoms with Crippen LogP contribution in [0.3, 0.4) is 0 Å². The van der Waals surface area contributed by atoms with E-state index in [-0.39, 0.29) is 0 Å². The molecule has 0 saturated carbocycles. The average Bonchev–Trinajstić information content (AvgIpc) is 2.19. The minimum atomic E-state index is -5.43. The van der Waals surface area contributed by atoms with E-state index in [1.165, 1.54) is 0 Å². The molecule has 0 amide bonds. The molecular weight excluding hydrogens is 246 g/mol. The van der Waals surface area contributed by atoms with E-state index in [1.54, 1.807) is 26.7 Å². The maximum atomic E-state index is 13.1. The minimum Gasteiger partial charge on any atom is -0.195 e. The quantitative estimate of drug-likeness (QED) is 0.455. The van der Waals surface area contributed by atoms with Crippen molar-refractivity contribution in [2.45, 2.75) is 38.5 Å². The standard InChI is InChI=1S/C11H10F6/c1-8(2,3)5-4-7-6-9(12,13)11(16,17)10(7,14)15/h6H,1-3H3. The van der Waals surface area contributed by atoms with Gasteiger partial charge in [0.1, 0.15) is 0 Å². The van der Waals surface area contributed by atoms with Crippen molar-refractivity contribution >= 4 is 0 Å². The van der Waals surface area contributed by atoms with E-state index in [2.05, 4.69) is 5.92 Å². The molecule has 1 aliphatic rings. The number of halogens is 6. The van der Waals surface area contributed by atoms with Crippen molar-refractivity contribution in [2.24, 2.45) is 5.41 Å². The fraction of sp³-hybridized carbons (Fsp3) is 0.636. The van der Waals surface area contributed by atoms with Crippen molar-refractivity contribution in [3.63, 3.8) is 0 Å². The molecule has 0 heterocycles. The van der Waals surface area contributed by atoms with Gasteiger partial charge in [-0.3, -0.25) is 0 Å². The lowest BCUT2D eigenvalue weighted by molar-refractivity contribution is -0.261. The summed E-state index contributed by atoms with van der Waals surface area (Å²) in [7, 11) is 0. The molecule has 0 aromatic heterocycles. The van der Waals surface area contributed by atoms with Crippen molar-refractivity contribution in [3.05, 3.63) is 11.6 Å². The molecular formula is C11H10F6. The SMILES string of the molecule is CC(C)(C)C#CC1=CC(F)(F)C(F)(F)C1(F)F. The maximum absolute atomic E-state index is 13.1. The molecule has 1 rings (SSSR count). The number of alkyl halides is 6. The summed E-state index contributed by atoms with van der Waals surface area (Å²) in [4.78, 5) is 0. The van der Waals surface area contributed by atoms with Crippen LogP contribution in [0.5, 0.6) is 0 Å². The molecule has 0 spiro atoms. The van der Waals surface area contributed by atoms with Crippen molar-refractivity contribution in [3.8, 4) is 11.8 Å². The summed E-state index contributed by atoms with van der Waals surface area (Å²) in [5.74, 6) is -11.3. The van der Waals surface area contributed by atoms with E-state index >= 15 is 0 Å². The van der Waals surface area contributed by atoms with Gasteiger partial charge in [0.05, 0.1) is 5.57 Å². The van der Waals surface area contributed by atoms with Gasteiger partial charge in [-0.25, -0.2) is 0 Å². The zero-order valence-electron chi connectivity index (χ0n) is 9.35. The van der Waals surface area contributed by atoms with Gasteiger partial charge in [0.15, 0.2) is 0 Å². The maximum Gasteiger partial charge on any atom is 0.380 e. The van der Waals surface area contributed by atoms with Gasteiger partial charge in [0.25, 0.3) is 0 Å². The summed E-state index contributed by atoms with van der Waals surface area (Å²) in [5.41, 5.74) is -2.27. The molecule has 0 aromatic rings. The summed E-state index contributed by atoms with van der Waals surface area (Å²) in [5, 5.41) is 0. The van der Waals surface area contributed by atoms with Crippen LogP contribution in [0.15, 0.2) is 11.6 Å². The first-order valence-corrected chi connectivity index (χ1v) is 4.71. The van der Waals surface area contributed by atoms with Crippen molar-refractivity contribution in [1.29, 1.82) is 0 Å². The zero-order valence-corrected chi connectivity index (χ0v) is 9.35. The third kappa shape index (κ3) is 2.15.